The first-order valence-electron chi connectivity index (χ1n) is 10.0. The molecule has 0 aliphatic carbocycles. The predicted octanol–water partition coefficient (Wildman–Crippen LogP) is 4.26. The molecule has 3 rings (SSSR count). The highest BCUT2D eigenvalue weighted by Crippen LogP contribution is 2.13. The van der Waals surface area contributed by atoms with Crippen molar-refractivity contribution >= 4 is 11.8 Å². The fraction of sp³-hybridized carbons (Fsp3) is 0.200. The number of ether oxygens (including phenoxy) is 1. The maximum Gasteiger partial charge on any atom is 0.251 e. The molecule has 3 aromatic rings. The first kappa shape index (κ1) is 21.1. The molecule has 2 amide bonds. The van der Waals surface area contributed by atoms with Crippen molar-refractivity contribution in [1.29, 1.82) is 0 Å². The van der Waals surface area contributed by atoms with Gasteiger partial charge in [0.15, 0.2) is 0 Å². The number of hydrogen-bond donors (Lipinski definition) is 2. The van der Waals surface area contributed by atoms with Crippen molar-refractivity contribution < 1.29 is 14.3 Å². The molecule has 5 nitrogen and oxygen atoms in total. The van der Waals surface area contributed by atoms with Gasteiger partial charge in [-0.2, -0.15) is 0 Å². The van der Waals surface area contributed by atoms with Gasteiger partial charge < -0.3 is 15.4 Å². The number of para-hydroxylation sites is 1. The van der Waals surface area contributed by atoms with Gasteiger partial charge in [-0.1, -0.05) is 60.7 Å². The molecule has 0 spiro atoms. The third-order valence-electron chi connectivity index (χ3n) is 4.69. The van der Waals surface area contributed by atoms with E-state index in [0.29, 0.717) is 18.7 Å². The van der Waals surface area contributed by atoms with Crippen LogP contribution in [0.5, 0.6) is 5.75 Å². The topological polar surface area (TPSA) is 67.4 Å². The van der Waals surface area contributed by atoms with Crippen LogP contribution >= 0.6 is 0 Å². The molecule has 0 heterocycles. The Kier molecular flexibility index (Phi) is 7.61. The Morgan fingerprint density at radius 2 is 1.50 bits per heavy atom. The summed E-state index contributed by atoms with van der Waals surface area (Å²) in [4.78, 5) is 24.4. The fourth-order valence-electron chi connectivity index (χ4n) is 2.95. The lowest BCUT2D eigenvalue weighted by Crippen LogP contribution is -2.27. The van der Waals surface area contributed by atoms with E-state index >= 15 is 0 Å². The van der Waals surface area contributed by atoms with Gasteiger partial charge in [0.2, 0.25) is 5.91 Å². The third-order valence-corrected chi connectivity index (χ3v) is 4.69. The van der Waals surface area contributed by atoms with Crippen LogP contribution < -0.4 is 15.4 Å². The number of carbonyl (C=O) groups excluding carboxylic acids is 2. The number of carbonyl (C=O) groups is 2. The molecule has 1 unspecified atom stereocenters. The second-order valence-electron chi connectivity index (χ2n) is 6.99. The van der Waals surface area contributed by atoms with Crippen molar-refractivity contribution in [3.05, 3.63) is 102 Å². The highest BCUT2D eigenvalue weighted by molar-refractivity contribution is 5.94. The summed E-state index contributed by atoms with van der Waals surface area (Å²) in [5.41, 5.74) is 2.57. The third kappa shape index (κ3) is 6.48. The number of hydrogen-bond acceptors (Lipinski definition) is 3. The highest BCUT2D eigenvalue weighted by Gasteiger charge is 2.11. The zero-order chi connectivity index (χ0) is 21.2. The maximum atomic E-state index is 12.4. The number of nitrogens with one attached hydrogen (secondary N) is 2. The van der Waals surface area contributed by atoms with Crippen molar-refractivity contribution in [3.63, 3.8) is 0 Å². The molecule has 0 aromatic heterocycles. The van der Waals surface area contributed by atoms with E-state index < -0.39 is 0 Å². The summed E-state index contributed by atoms with van der Waals surface area (Å²) in [7, 11) is 0. The molecule has 154 valence electrons. The van der Waals surface area contributed by atoms with E-state index in [2.05, 4.69) is 10.6 Å². The Bertz CT molecular complexity index is 941. The molecule has 3 aromatic carbocycles. The minimum atomic E-state index is -0.125. The molecule has 0 radical (unpaired) electrons. The van der Waals surface area contributed by atoms with Crippen molar-refractivity contribution in [2.24, 2.45) is 0 Å². The Morgan fingerprint density at radius 1 is 0.867 bits per heavy atom. The molecule has 0 saturated heterocycles. The molecule has 2 N–H and O–H groups in total. The van der Waals surface area contributed by atoms with Crippen LogP contribution in [0.4, 0.5) is 0 Å². The van der Waals surface area contributed by atoms with E-state index in [-0.39, 0.29) is 24.3 Å². The van der Waals surface area contributed by atoms with Gasteiger partial charge in [0.05, 0.1) is 19.1 Å². The maximum absolute atomic E-state index is 12.4. The SMILES string of the molecule is CC(NC(=O)c1ccc(CNC(=O)CCOc2ccccc2)cc1)c1ccccc1. The molecular weight excluding hydrogens is 376 g/mol. The largest absolute Gasteiger partial charge is 0.493 e. The zero-order valence-corrected chi connectivity index (χ0v) is 17.0. The van der Waals surface area contributed by atoms with Crippen molar-refractivity contribution in [1.82, 2.24) is 10.6 Å². The van der Waals surface area contributed by atoms with Crippen LogP contribution in [0.2, 0.25) is 0 Å². The molecule has 1 atom stereocenters. The number of benzene rings is 3. The van der Waals surface area contributed by atoms with E-state index in [9.17, 15) is 9.59 Å². The van der Waals surface area contributed by atoms with E-state index in [1.54, 1.807) is 12.1 Å². The van der Waals surface area contributed by atoms with Crippen LogP contribution in [0.3, 0.4) is 0 Å². The normalized spacial score (nSPS) is 11.4. The Balaban J connectivity index is 1.41. The fourth-order valence-corrected chi connectivity index (χ4v) is 2.95. The summed E-state index contributed by atoms with van der Waals surface area (Å²) in [5.74, 6) is 0.546. The van der Waals surface area contributed by atoms with Gasteiger partial charge in [-0.05, 0) is 42.3 Å². The Labute approximate surface area is 177 Å². The van der Waals surface area contributed by atoms with Gasteiger partial charge in [0.1, 0.15) is 5.75 Å². The summed E-state index contributed by atoms with van der Waals surface area (Å²) in [6.07, 6.45) is 0.284. The molecular formula is C25H26N2O3. The summed E-state index contributed by atoms with van der Waals surface area (Å²) in [6, 6.07) is 26.4. The van der Waals surface area contributed by atoms with Crippen LogP contribution in [-0.4, -0.2) is 18.4 Å². The quantitative estimate of drug-likeness (QED) is 0.562. The minimum Gasteiger partial charge on any atom is -0.493 e. The van der Waals surface area contributed by atoms with E-state index in [4.69, 9.17) is 4.74 Å². The van der Waals surface area contributed by atoms with Gasteiger partial charge >= 0.3 is 0 Å². The lowest BCUT2D eigenvalue weighted by atomic mass is 10.1. The smallest absolute Gasteiger partial charge is 0.251 e. The van der Waals surface area contributed by atoms with Crippen LogP contribution in [0, 0.1) is 0 Å². The Morgan fingerprint density at radius 3 is 2.17 bits per heavy atom. The second kappa shape index (κ2) is 10.8. The molecule has 0 aliphatic rings. The predicted molar refractivity (Wildman–Crippen MR) is 117 cm³/mol. The lowest BCUT2D eigenvalue weighted by molar-refractivity contribution is -0.121. The monoisotopic (exact) mass is 402 g/mol. The first-order chi connectivity index (χ1) is 14.6. The standard InChI is InChI=1S/C25H26N2O3/c1-19(21-8-4-2-5-9-21)27-25(29)22-14-12-20(13-15-22)18-26-24(28)16-17-30-23-10-6-3-7-11-23/h2-15,19H,16-18H2,1H3,(H,26,28)(H,27,29). The summed E-state index contributed by atoms with van der Waals surface area (Å²) >= 11 is 0. The lowest BCUT2D eigenvalue weighted by Gasteiger charge is -2.14. The number of rotatable bonds is 9. The van der Waals surface area contributed by atoms with Crippen LogP contribution in [0.25, 0.3) is 0 Å². The number of amides is 2. The summed E-state index contributed by atoms with van der Waals surface area (Å²) < 4.78 is 5.53. The van der Waals surface area contributed by atoms with E-state index in [0.717, 1.165) is 16.9 Å². The second-order valence-corrected chi connectivity index (χ2v) is 6.99. The van der Waals surface area contributed by atoms with Crippen LogP contribution in [-0.2, 0) is 11.3 Å². The van der Waals surface area contributed by atoms with Crippen molar-refractivity contribution in [3.8, 4) is 5.75 Å². The van der Waals surface area contributed by atoms with Gasteiger partial charge in [0, 0.05) is 12.1 Å². The Hall–Kier alpha value is -3.60. The average molecular weight is 402 g/mol. The van der Waals surface area contributed by atoms with Gasteiger partial charge in [0.25, 0.3) is 5.91 Å². The van der Waals surface area contributed by atoms with Crippen molar-refractivity contribution in [2.45, 2.75) is 25.9 Å². The van der Waals surface area contributed by atoms with E-state index in [1.165, 1.54) is 0 Å². The molecule has 0 aliphatic heterocycles. The minimum absolute atomic E-state index is 0.0734. The summed E-state index contributed by atoms with van der Waals surface area (Å²) in [6.45, 7) is 2.69. The molecule has 0 saturated carbocycles. The summed E-state index contributed by atoms with van der Waals surface area (Å²) in [5, 5.41) is 5.86. The highest BCUT2D eigenvalue weighted by atomic mass is 16.5. The van der Waals surface area contributed by atoms with Gasteiger partial charge in [-0.3, -0.25) is 9.59 Å². The molecule has 0 bridgehead atoms. The average Bonchev–Trinajstić information content (AvgIpc) is 2.79. The van der Waals surface area contributed by atoms with Crippen molar-refractivity contribution in [2.75, 3.05) is 6.61 Å². The van der Waals surface area contributed by atoms with Gasteiger partial charge in [-0.25, -0.2) is 0 Å². The first-order valence-corrected chi connectivity index (χ1v) is 10.0. The van der Waals surface area contributed by atoms with Gasteiger partial charge in [-0.15, -0.1) is 0 Å². The van der Waals surface area contributed by atoms with Crippen LogP contribution in [0.15, 0.2) is 84.9 Å². The zero-order valence-electron chi connectivity index (χ0n) is 17.0. The molecule has 5 heteroatoms. The van der Waals surface area contributed by atoms with E-state index in [1.807, 2.05) is 79.7 Å². The molecule has 0 fully saturated rings. The van der Waals surface area contributed by atoms with Crippen LogP contribution in [0.1, 0.15) is 40.9 Å². The molecule has 30 heavy (non-hydrogen) atoms.